The molecule has 1 rings (SSSR count). The Kier molecular flexibility index (Phi) is 4.94. The number of rotatable bonds is 4. The summed E-state index contributed by atoms with van der Waals surface area (Å²) in [7, 11) is 0. The Morgan fingerprint density at radius 2 is 2.05 bits per heavy atom. The second-order valence-electron chi connectivity index (χ2n) is 4.81. The van der Waals surface area contributed by atoms with Crippen LogP contribution in [0.3, 0.4) is 0 Å². The van der Waals surface area contributed by atoms with Crippen molar-refractivity contribution in [2.45, 2.75) is 39.5 Å². The van der Waals surface area contributed by atoms with E-state index in [2.05, 4.69) is 0 Å². The van der Waals surface area contributed by atoms with Crippen molar-refractivity contribution in [3.63, 3.8) is 0 Å². The molecule has 0 aliphatic heterocycles. The molecule has 1 aromatic carbocycles. The van der Waals surface area contributed by atoms with Crippen molar-refractivity contribution in [2.24, 2.45) is 0 Å². The molecule has 0 bridgehead atoms. The highest BCUT2D eigenvalue weighted by Gasteiger charge is 2.24. The monoisotopic (exact) mass is 260 g/mol. The molecule has 4 heteroatoms. The smallest absolute Gasteiger partial charge is 0.327 e. The van der Waals surface area contributed by atoms with E-state index in [0.717, 1.165) is 11.1 Å². The molecule has 102 valence electrons. The summed E-state index contributed by atoms with van der Waals surface area (Å²) in [5.41, 5.74) is 9.12. The van der Waals surface area contributed by atoms with Crippen LogP contribution < -0.4 is 5.73 Å². The molecule has 2 N–H and O–H groups in total. The van der Waals surface area contributed by atoms with Gasteiger partial charge in [-0.05, 0) is 42.5 Å². The van der Waals surface area contributed by atoms with Gasteiger partial charge in [0, 0.05) is 5.69 Å². The number of nitrogens with two attached hydrogens (primary N) is 1. The van der Waals surface area contributed by atoms with Gasteiger partial charge in [0.15, 0.2) is 5.92 Å². The predicted molar refractivity (Wildman–Crippen MR) is 74.7 cm³/mol. The first-order valence-electron chi connectivity index (χ1n) is 6.38. The third kappa shape index (κ3) is 3.25. The number of nitrogen functional groups attached to an aromatic ring is 1. The van der Waals surface area contributed by atoms with Crippen LogP contribution in [0.2, 0.25) is 0 Å². The maximum Gasteiger partial charge on any atom is 0.327 e. The highest BCUT2D eigenvalue weighted by atomic mass is 16.5. The molecule has 0 aliphatic carbocycles. The Labute approximate surface area is 114 Å². The van der Waals surface area contributed by atoms with E-state index in [1.54, 1.807) is 6.92 Å². The Bertz CT molecular complexity index is 516. The van der Waals surface area contributed by atoms with Gasteiger partial charge >= 0.3 is 5.97 Å². The van der Waals surface area contributed by atoms with E-state index in [-0.39, 0.29) is 12.5 Å². The molecule has 1 unspecified atom stereocenters. The van der Waals surface area contributed by atoms with Gasteiger partial charge < -0.3 is 10.5 Å². The summed E-state index contributed by atoms with van der Waals surface area (Å²) < 4.78 is 4.94. The van der Waals surface area contributed by atoms with Crippen molar-refractivity contribution >= 4 is 11.7 Å². The first kappa shape index (κ1) is 15.0. The number of aryl methyl sites for hydroxylation is 1. The normalized spacial score (nSPS) is 12.0. The molecule has 0 saturated carbocycles. The number of nitrogens with zero attached hydrogens (tertiary/aromatic N) is 1. The number of hydrogen-bond donors (Lipinski definition) is 1. The van der Waals surface area contributed by atoms with Crippen LogP contribution >= 0.6 is 0 Å². The standard InChI is InChI=1S/C15H20N2O2/c1-5-19-15(18)13(8-16)12-7-11(9(2)3)14(17)6-10(12)4/h6-7,9,13H,5,17H2,1-4H3. The van der Waals surface area contributed by atoms with E-state index in [0.29, 0.717) is 11.3 Å². The molecule has 1 atom stereocenters. The van der Waals surface area contributed by atoms with E-state index in [4.69, 9.17) is 10.5 Å². The quantitative estimate of drug-likeness (QED) is 0.667. The number of esters is 1. The number of carbonyl (C=O) groups excluding carboxylic acids is 1. The second kappa shape index (κ2) is 6.24. The zero-order valence-electron chi connectivity index (χ0n) is 11.9. The summed E-state index contributed by atoms with van der Waals surface area (Å²) >= 11 is 0. The number of ether oxygens (including phenoxy) is 1. The molecule has 1 aromatic rings. The average molecular weight is 260 g/mol. The number of hydrogen-bond acceptors (Lipinski definition) is 4. The molecule has 0 fully saturated rings. The zero-order chi connectivity index (χ0) is 14.6. The highest BCUT2D eigenvalue weighted by molar-refractivity contribution is 5.82. The molecule has 4 nitrogen and oxygen atoms in total. The van der Waals surface area contributed by atoms with Crippen molar-refractivity contribution in [3.8, 4) is 6.07 Å². The van der Waals surface area contributed by atoms with Crippen LogP contribution in [0.25, 0.3) is 0 Å². The van der Waals surface area contributed by atoms with Crippen LogP contribution in [0, 0.1) is 18.3 Å². The number of nitriles is 1. The van der Waals surface area contributed by atoms with E-state index in [1.807, 2.05) is 39.0 Å². The second-order valence-corrected chi connectivity index (χ2v) is 4.81. The fourth-order valence-corrected chi connectivity index (χ4v) is 2.05. The molecule has 0 heterocycles. The lowest BCUT2D eigenvalue weighted by Crippen LogP contribution is -2.16. The fourth-order valence-electron chi connectivity index (χ4n) is 2.05. The molecule has 19 heavy (non-hydrogen) atoms. The van der Waals surface area contributed by atoms with E-state index < -0.39 is 11.9 Å². The minimum atomic E-state index is -0.891. The van der Waals surface area contributed by atoms with E-state index in [1.165, 1.54) is 0 Å². The minimum absolute atomic E-state index is 0.237. The molecular weight excluding hydrogens is 240 g/mol. The Balaban J connectivity index is 3.29. The zero-order valence-corrected chi connectivity index (χ0v) is 11.9. The summed E-state index contributed by atoms with van der Waals surface area (Å²) in [6, 6.07) is 5.68. The Morgan fingerprint density at radius 3 is 2.53 bits per heavy atom. The summed E-state index contributed by atoms with van der Waals surface area (Å²) in [6.45, 7) is 7.89. The lowest BCUT2D eigenvalue weighted by Gasteiger charge is -2.17. The van der Waals surface area contributed by atoms with E-state index in [9.17, 15) is 10.1 Å². The van der Waals surface area contributed by atoms with Crippen LogP contribution in [0.1, 0.15) is 49.3 Å². The van der Waals surface area contributed by atoms with Crippen LogP contribution in [0.15, 0.2) is 12.1 Å². The molecule has 0 aliphatic rings. The lowest BCUT2D eigenvalue weighted by atomic mass is 9.90. The van der Waals surface area contributed by atoms with Gasteiger partial charge in [-0.3, -0.25) is 4.79 Å². The summed E-state index contributed by atoms with van der Waals surface area (Å²) in [5.74, 6) is -1.16. The lowest BCUT2D eigenvalue weighted by molar-refractivity contribution is -0.143. The summed E-state index contributed by atoms with van der Waals surface area (Å²) in [4.78, 5) is 11.8. The van der Waals surface area contributed by atoms with E-state index >= 15 is 0 Å². The third-order valence-electron chi connectivity index (χ3n) is 3.06. The van der Waals surface area contributed by atoms with Gasteiger partial charge in [-0.2, -0.15) is 5.26 Å². The van der Waals surface area contributed by atoms with Crippen LogP contribution in [0.4, 0.5) is 5.69 Å². The molecule has 0 amide bonds. The van der Waals surface area contributed by atoms with Crippen molar-refractivity contribution in [3.05, 3.63) is 28.8 Å². The van der Waals surface area contributed by atoms with Gasteiger partial charge in [0.2, 0.25) is 0 Å². The largest absolute Gasteiger partial charge is 0.465 e. The first-order valence-corrected chi connectivity index (χ1v) is 6.38. The van der Waals surface area contributed by atoms with Gasteiger partial charge in [-0.25, -0.2) is 0 Å². The van der Waals surface area contributed by atoms with Crippen LogP contribution in [-0.4, -0.2) is 12.6 Å². The highest BCUT2D eigenvalue weighted by Crippen LogP contribution is 2.30. The third-order valence-corrected chi connectivity index (χ3v) is 3.06. The summed E-state index contributed by atoms with van der Waals surface area (Å²) in [5, 5.41) is 9.22. The van der Waals surface area contributed by atoms with Gasteiger partial charge in [0.1, 0.15) is 0 Å². The molecular formula is C15H20N2O2. The molecule has 0 saturated heterocycles. The predicted octanol–water partition coefficient (Wildman–Crippen LogP) is 2.87. The average Bonchev–Trinajstić information content (AvgIpc) is 2.32. The Morgan fingerprint density at radius 1 is 1.42 bits per heavy atom. The maximum absolute atomic E-state index is 11.8. The van der Waals surface area contributed by atoms with Crippen molar-refractivity contribution < 1.29 is 9.53 Å². The van der Waals surface area contributed by atoms with Crippen molar-refractivity contribution in [1.29, 1.82) is 5.26 Å². The van der Waals surface area contributed by atoms with Crippen molar-refractivity contribution in [2.75, 3.05) is 12.3 Å². The number of carbonyl (C=O) groups is 1. The van der Waals surface area contributed by atoms with Gasteiger partial charge in [-0.15, -0.1) is 0 Å². The first-order chi connectivity index (χ1) is 8.92. The number of benzene rings is 1. The maximum atomic E-state index is 11.8. The molecule has 0 radical (unpaired) electrons. The van der Waals surface area contributed by atoms with Crippen LogP contribution in [0.5, 0.6) is 0 Å². The molecule has 0 spiro atoms. The fraction of sp³-hybridized carbons (Fsp3) is 0.467. The van der Waals surface area contributed by atoms with Gasteiger partial charge in [0.25, 0.3) is 0 Å². The van der Waals surface area contributed by atoms with Crippen LogP contribution in [-0.2, 0) is 9.53 Å². The Hall–Kier alpha value is -2.02. The summed E-state index contributed by atoms with van der Waals surface area (Å²) in [6.07, 6.45) is 0. The van der Waals surface area contributed by atoms with Gasteiger partial charge in [-0.1, -0.05) is 19.9 Å². The topological polar surface area (TPSA) is 76.1 Å². The SMILES string of the molecule is CCOC(=O)C(C#N)c1cc(C(C)C)c(N)cc1C. The molecule has 0 aromatic heterocycles. The van der Waals surface area contributed by atoms with Crippen molar-refractivity contribution in [1.82, 2.24) is 0 Å². The minimum Gasteiger partial charge on any atom is -0.465 e. The van der Waals surface area contributed by atoms with Gasteiger partial charge in [0.05, 0.1) is 12.7 Å². The number of anilines is 1.